The van der Waals surface area contributed by atoms with Crippen LogP contribution in [0.2, 0.25) is 0 Å². The summed E-state index contributed by atoms with van der Waals surface area (Å²) in [6.45, 7) is 4.80. The van der Waals surface area contributed by atoms with Crippen LogP contribution in [0.1, 0.15) is 60.1 Å². The van der Waals surface area contributed by atoms with Crippen LogP contribution in [0.5, 0.6) is 5.75 Å². The molecule has 0 spiro atoms. The third-order valence-corrected chi connectivity index (χ3v) is 6.27. The Bertz CT molecular complexity index is 1230. The zero-order valence-electron chi connectivity index (χ0n) is 20.2. The molecule has 4 rings (SSSR count). The molecule has 0 bridgehead atoms. The lowest BCUT2D eigenvalue weighted by Crippen LogP contribution is -2.08. The SMILES string of the molecule is CCCCc1ccc(-c2cc(COc3ccc([C@H](CC(=O)O)c4ccon4)cc3)ccc2C)cc1. The monoisotopic (exact) mass is 469 g/mol. The third-order valence-electron chi connectivity index (χ3n) is 6.27. The van der Waals surface area contributed by atoms with E-state index in [-0.39, 0.29) is 12.3 Å². The number of nitrogens with zero attached hydrogens (tertiary/aromatic N) is 1. The number of aliphatic carboxylic acids is 1. The van der Waals surface area contributed by atoms with E-state index in [0.717, 1.165) is 23.3 Å². The molecule has 5 heteroatoms. The lowest BCUT2D eigenvalue weighted by atomic mass is 9.92. The minimum Gasteiger partial charge on any atom is -0.489 e. The lowest BCUT2D eigenvalue weighted by Gasteiger charge is -2.14. The van der Waals surface area contributed by atoms with Crippen LogP contribution in [0.25, 0.3) is 11.1 Å². The van der Waals surface area contributed by atoms with Gasteiger partial charge < -0.3 is 14.4 Å². The molecule has 0 fully saturated rings. The Morgan fingerprint density at radius 3 is 2.40 bits per heavy atom. The predicted octanol–water partition coefficient (Wildman–Crippen LogP) is 7.18. The maximum absolute atomic E-state index is 11.3. The number of ether oxygens (including phenoxy) is 1. The van der Waals surface area contributed by atoms with Crippen molar-refractivity contribution in [1.29, 1.82) is 0 Å². The highest BCUT2D eigenvalue weighted by atomic mass is 16.5. The van der Waals surface area contributed by atoms with E-state index in [1.807, 2.05) is 24.3 Å². The summed E-state index contributed by atoms with van der Waals surface area (Å²) < 4.78 is 11.0. The van der Waals surface area contributed by atoms with Crippen molar-refractivity contribution in [2.75, 3.05) is 0 Å². The first kappa shape index (κ1) is 24.3. The van der Waals surface area contributed by atoms with Crippen molar-refractivity contribution in [2.45, 2.75) is 52.1 Å². The molecule has 0 radical (unpaired) electrons. The highest BCUT2D eigenvalue weighted by molar-refractivity contribution is 5.69. The van der Waals surface area contributed by atoms with Crippen molar-refractivity contribution in [3.63, 3.8) is 0 Å². The minimum absolute atomic E-state index is 0.0571. The summed E-state index contributed by atoms with van der Waals surface area (Å²) >= 11 is 0. The molecule has 35 heavy (non-hydrogen) atoms. The second-order valence-corrected chi connectivity index (χ2v) is 8.88. The molecule has 1 aromatic heterocycles. The summed E-state index contributed by atoms with van der Waals surface area (Å²) in [5.41, 5.74) is 7.59. The van der Waals surface area contributed by atoms with Gasteiger partial charge >= 0.3 is 5.97 Å². The Hall–Kier alpha value is -3.86. The molecule has 0 aliphatic heterocycles. The molecule has 0 aliphatic carbocycles. The fraction of sp³-hybridized carbons (Fsp3) is 0.267. The van der Waals surface area contributed by atoms with Crippen LogP contribution < -0.4 is 4.74 Å². The molecule has 0 aliphatic rings. The Morgan fingerprint density at radius 2 is 1.74 bits per heavy atom. The first-order valence-electron chi connectivity index (χ1n) is 12.1. The molecule has 1 N–H and O–H groups in total. The molecular formula is C30H31NO4. The van der Waals surface area contributed by atoms with E-state index >= 15 is 0 Å². The fourth-order valence-electron chi connectivity index (χ4n) is 4.23. The van der Waals surface area contributed by atoms with Gasteiger partial charge in [0.05, 0.1) is 12.1 Å². The second kappa shape index (κ2) is 11.5. The number of carbonyl (C=O) groups is 1. The van der Waals surface area contributed by atoms with E-state index in [2.05, 4.69) is 61.5 Å². The molecule has 5 nitrogen and oxygen atoms in total. The summed E-state index contributed by atoms with van der Waals surface area (Å²) in [4.78, 5) is 11.3. The zero-order chi connectivity index (χ0) is 24.6. The van der Waals surface area contributed by atoms with Crippen LogP contribution in [0, 0.1) is 6.92 Å². The van der Waals surface area contributed by atoms with Crippen molar-refractivity contribution in [1.82, 2.24) is 5.16 Å². The summed E-state index contributed by atoms with van der Waals surface area (Å²) in [6, 6.07) is 24.5. The average Bonchev–Trinajstić information content (AvgIpc) is 3.41. The lowest BCUT2D eigenvalue weighted by molar-refractivity contribution is -0.137. The number of aryl methyl sites for hydroxylation is 2. The summed E-state index contributed by atoms with van der Waals surface area (Å²) in [5, 5.41) is 13.2. The highest BCUT2D eigenvalue weighted by Gasteiger charge is 2.20. The van der Waals surface area contributed by atoms with Crippen LogP contribution in [-0.4, -0.2) is 16.2 Å². The Kier molecular flexibility index (Phi) is 7.99. The summed E-state index contributed by atoms with van der Waals surface area (Å²) in [6.07, 6.45) is 4.94. The van der Waals surface area contributed by atoms with E-state index in [1.54, 1.807) is 6.07 Å². The number of carboxylic acids is 1. The maximum Gasteiger partial charge on any atom is 0.304 e. The van der Waals surface area contributed by atoms with Crippen molar-refractivity contribution in [3.05, 3.63) is 107 Å². The number of aromatic nitrogens is 1. The Balaban J connectivity index is 1.44. The van der Waals surface area contributed by atoms with Crippen LogP contribution in [-0.2, 0) is 17.8 Å². The van der Waals surface area contributed by atoms with Crippen LogP contribution in [0.4, 0.5) is 0 Å². The average molecular weight is 470 g/mol. The van der Waals surface area contributed by atoms with Gasteiger partial charge in [-0.1, -0.05) is 67.0 Å². The first-order valence-corrected chi connectivity index (χ1v) is 12.1. The highest BCUT2D eigenvalue weighted by Crippen LogP contribution is 2.29. The number of benzene rings is 3. The molecule has 4 aromatic rings. The first-order chi connectivity index (χ1) is 17.0. The Labute approximate surface area is 206 Å². The molecular weight excluding hydrogens is 438 g/mol. The molecule has 3 aromatic carbocycles. The summed E-state index contributed by atoms with van der Waals surface area (Å²) in [5.74, 6) is -0.525. The fourth-order valence-corrected chi connectivity index (χ4v) is 4.23. The Morgan fingerprint density at radius 1 is 1.00 bits per heavy atom. The van der Waals surface area contributed by atoms with Gasteiger partial charge in [-0.15, -0.1) is 0 Å². The quantitative estimate of drug-likeness (QED) is 0.252. The van der Waals surface area contributed by atoms with Gasteiger partial charge in [-0.05, 0) is 71.3 Å². The van der Waals surface area contributed by atoms with Gasteiger partial charge in [0.2, 0.25) is 0 Å². The molecule has 0 saturated heterocycles. The molecule has 0 amide bonds. The van der Waals surface area contributed by atoms with Crippen LogP contribution in [0.3, 0.4) is 0 Å². The van der Waals surface area contributed by atoms with Gasteiger partial charge in [0.25, 0.3) is 0 Å². The van der Waals surface area contributed by atoms with E-state index in [0.29, 0.717) is 12.3 Å². The van der Waals surface area contributed by atoms with Crippen molar-refractivity contribution < 1.29 is 19.2 Å². The normalized spacial score (nSPS) is 11.8. The predicted molar refractivity (Wildman–Crippen MR) is 137 cm³/mol. The minimum atomic E-state index is -0.885. The topological polar surface area (TPSA) is 72.6 Å². The molecule has 0 unspecified atom stereocenters. The van der Waals surface area contributed by atoms with E-state index in [1.165, 1.54) is 41.4 Å². The number of rotatable bonds is 11. The van der Waals surface area contributed by atoms with E-state index < -0.39 is 5.97 Å². The molecule has 1 atom stereocenters. The maximum atomic E-state index is 11.3. The second-order valence-electron chi connectivity index (χ2n) is 8.88. The van der Waals surface area contributed by atoms with E-state index in [9.17, 15) is 9.90 Å². The number of carboxylic acid groups (broad SMARTS) is 1. The largest absolute Gasteiger partial charge is 0.489 e. The van der Waals surface area contributed by atoms with Crippen molar-refractivity contribution in [2.24, 2.45) is 0 Å². The number of hydrogen-bond acceptors (Lipinski definition) is 4. The van der Waals surface area contributed by atoms with Gasteiger partial charge in [0.1, 0.15) is 18.6 Å². The molecule has 1 heterocycles. The van der Waals surface area contributed by atoms with Gasteiger partial charge in [0.15, 0.2) is 0 Å². The number of unbranched alkanes of at least 4 members (excludes halogenated alkanes) is 1. The molecule has 180 valence electrons. The van der Waals surface area contributed by atoms with Crippen LogP contribution in [0.15, 0.2) is 83.6 Å². The zero-order valence-corrected chi connectivity index (χ0v) is 20.2. The molecule has 0 saturated carbocycles. The van der Waals surface area contributed by atoms with Gasteiger partial charge in [-0.25, -0.2) is 0 Å². The number of hydrogen-bond donors (Lipinski definition) is 1. The van der Waals surface area contributed by atoms with Gasteiger partial charge in [-0.3, -0.25) is 4.79 Å². The summed E-state index contributed by atoms with van der Waals surface area (Å²) in [7, 11) is 0. The van der Waals surface area contributed by atoms with Crippen LogP contribution >= 0.6 is 0 Å². The standard InChI is InChI=1S/C30H31NO4/c1-3-4-5-22-8-10-24(11-9-22)27-18-23(7-6-21(27)2)20-34-26-14-12-25(13-15-26)28(19-30(32)33)29-16-17-35-31-29/h6-18,28H,3-5,19-20H2,1-2H3,(H,32,33)/t28-/m0/s1. The third kappa shape index (κ3) is 6.38. The van der Waals surface area contributed by atoms with Crippen molar-refractivity contribution in [3.8, 4) is 16.9 Å². The van der Waals surface area contributed by atoms with E-state index in [4.69, 9.17) is 9.26 Å². The van der Waals surface area contributed by atoms with Crippen molar-refractivity contribution >= 4 is 5.97 Å². The van der Waals surface area contributed by atoms with Gasteiger partial charge in [0, 0.05) is 12.0 Å². The van der Waals surface area contributed by atoms with Gasteiger partial charge in [-0.2, -0.15) is 0 Å². The smallest absolute Gasteiger partial charge is 0.304 e.